The number of hydrogen-bond donors (Lipinski definition) is 4. The van der Waals surface area contributed by atoms with Gasteiger partial charge in [0.25, 0.3) is 0 Å². The average molecular weight is 330 g/mol. The van der Waals surface area contributed by atoms with Gasteiger partial charge in [0, 0.05) is 5.54 Å². The number of benzene rings is 2. The largest absolute Gasteiger partial charge is 0.508 e. The maximum atomic E-state index is 10.4. The molecule has 0 amide bonds. The van der Waals surface area contributed by atoms with Gasteiger partial charge < -0.3 is 21.7 Å². The van der Waals surface area contributed by atoms with Crippen LogP contribution in [0.25, 0.3) is 0 Å². The van der Waals surface area contributed by atoms with E-state index >= 15 is 0 Å². The first-order valence-corrected chi connectivity index (χ1v) is 7.76. The van der Waals surface area contributed by atoms with E-state index in [-0.39, 0.29) is 17.7 Å². The fraction of sp³-hybridized carbons (Fsp3) is 0.316. The highest BCUT2D eigenvalue weighted by molar-refractivity contribution is 5.73. The highest BCUT2D eigenvalue weighted by Crippen LogP contribution is 2.11. The summed E-state index contributed by atoms with van der Waals surface area (Å²) in [4.78, 5) is 10.4. The third-order valence-corrected chi connectivity index (χ3v) is 3.21. The number of rotatable bonds is 5. The lowest BCUT2D eigenvalue weighted by atomic mass is 9.96. The molecule has 0 radical (unpaired) electrons. The summed E-state index contributed by atoms with van der Waals surface area (Å²) in [5.74, 6) is -0.860. The molecule has 2 rings (SSSR count). The predicted molar refractivity (Wildman–Crippen MR) is 95.8 cm³/mol. The van der Waals surface area contributed by atoms with Crippen molar-refractivity contribution in [3.05, 3.63) is 65.7 Å². The Kier molecular flexibility index (Phi) is 7.42. The van der Waals surface area contributed by atoms with E-state index in [1.807, 2.05) is 32.0 Å². The second-order valence-electron chi connectivity index (χ2n) is 6.47. The molecule has 0 spiro atoms. The molecule has 0 saturated carbocycles. The summed E-state index contributed by atoms with van der Waals surface area (Å²) in [6.45, 7) is 4.08. The van der Waals surface area contributed by atoms with Crippen molar-refractivity contribution in [2.45, 2.75) is 38.3 Å². The standard InChI is InChI=1S/C10H15N.C9H11NO3/c1-10(2,11)8-9-6-4-3-5-7-9;10-8(9(12)13)5-6-1-3-7(11)4-2-6/h3-7H,8,11H2,1-2H3;1-4,8,11H,5,10H2,(H,12,13)/t;8-/m.0/s1. The fourth-order valence-corrected chi connectivity index (χ4v) is 2.10. The van der Waals surface area contributed by atoms with Crippen molar-refractivity contribution in [1.29, 1.82) is 0 Å². The molecule has 0 aliphatic carbocycles. The average Bonchev–Trinajstić information content (AvgIpc) is 2.49. The van der Waals surface area contributed by atoms with Crippen LogP contribution in [0, 0.1) is 0 Å². The number of nitrogens with two attached hydrogens (primary N) is 2. The Bertz CT molecular complexity index is 619. The number of aromatic hydroxyl groups is 1. The number of carboxylic acid groups (broad SMARTS) is 1. The van der Waals surface area contributed by atoms with Gasteiger partial charge in [-0.25, -0.2) is 0 Å². The summed E-state index contributed by atoms with van der Waals surface area (Å²) in [5.41, 5.74) is 13.2. The topological polar surface area (TPSA) is 110 Å². The first-order valence-electron chi connectivity index (χ1n) is 7.76. The van der Waals surface area contributed by atoms with Gasteiger partial charge in [-0.1, -0.05) is 42.5 Å². The Morgan fingerprint density at radius 1 is 1.04 bits per heavy atom. The molecule has 0 aliphatic heterocycles. The molecule has 0 aliphatic rings. The molecule has 5 heteroatoms. The van der Waals surface area contributed by atoms with Crippen molar-refractivity contribution in [2.24, 2.45) is 11.5 Å². The molecule has 2 aromatic carbocycles. The Morgan fingerprint density at radius 2 is 1.58 bits per heavy atom. The Labute approximate surface area is 142 Å². The van der Waals surface area contributed by atoms with Crippen molar-refractivity contribution in [3.63, 3.8) is 0 Å². The molecule has 5 nitrogen and oxygen atoms in total. The normalized spacial score (nSPS) is 12.0. The molecule has 0 heterocycles. The fourth-order valence-electron chi connectivity index (χ4n) is 2.10. The van der Waals surface area contributed by atoms with Gasteiger partial charge in [-0.05, 0) is 49.9 Å². The zero-order valence-electron chi connectivity index (χ0n) is 14.1. The number of phenols is 1. The van der Waals surface area contributed by atoms with E-state index < -0.39 is 12.0 Å². The lowest BCUT2D eigenvalue weighted by molar-refractivity contribution is -0.138. The van der Waals surface area contributed by atoms with Gasteiger partial charge in [0.05, 0.1) is 0 Å². The molecule has 1 atom stereocenters. The maximum absolute atomic E-state index is 10.4. The highest BCUT2D eigenvalue weighted by atomic mass is 16.4. The SMILES string of the molecule is CC(C)(N)Cc1ccccc1.N[C@@H](Cc1ccc(O)cc1)C(=O)O. The number of aliphatic carboxylic acids is 1. The van der Waals surface area contributed by atoms with Gasteiger partial charge in [0.2, 0.25) is 0 Å². The van der Waals surface area contributed by atoms with Crippen LogP contribution >= 0.6 is 0 Å². The molecule has 6 N–H and O–H groups in total. The van der Waals surface area contributed by atoms with E-state index in [1.54, 1.807) is 12.1 Å². The minimum absolute atomic E-state index is 0.0959. The number of carboxylic acids is 1. The van der Waals surface area contributed by atoms with E-state index in [0.717, 1.165) is 12.0 Å². The first-order chi connectivity index (χ1) is 11.2. The summed E-state index contributed by atoms with van der Waals surface area (Å²) in [6, 6.07) is 15.7. The molecule has 2 aromatic rings. The predicted octanol–water partition coefficient (Wildman–Crippen LogP) is 2.31. The second kappa shape index (κ2) is 9.05. The Balaban J connectivity index is 0.000000243. The Morgan fingerprint density at radius 3 is 2.04 bits per heavy atom. The van der Waals surface area contributed by atoms with Gasteiger partial charge in [-0.3, -0.25) is 4.79 Å². The van der Waals surface area contributed by atoms with Crippen molar-refractivity contribution >= 4 is 5.97 Å². The lowest BCUT2D eigenvalue weighted by Gasteiger charge is -2.17. The van der Waals surface area contributed by atoms with Gasteiger partial charge in [-0.2, -0.15) is 0 Å². The van der Waals surface area contributed by atoms with Gasteiger partial charge in [0.1, 0.15) is 11.8 Å². The van der Waals surface area contributed by atoms with Crippen LogP contribution in [-0.2, 0) is 17.6 Å². The number of hydrogen-bond acceptors (Lipinski definition) is 4. The van der Waals surface area contributed by atoms with E-state index in [1.165, 1.54) is 17.7 Å². The zero-order chi connectivity index (χ0) is 18.2. The van der Waals surface area contributed by atoms with E-state index in [4.69, 9.17) is 21.7 Å². The van der Waals surface area contributed by atoms with Crippen LogP contribution in [0.2, 0.25) is 0 Å². The first kappa shape index (κ1) is 19.7. The number of phenolic OH excluding ortho intramolecular Hbond substituents is 1. The lowest BCUT2D eigenvalue weighted by Crippen LogP contribution is -2.34. The van der Waals surface area contributed by atoms with Gasteiger partial charge in [0.15, 0.2) is 0 Å². The van der Waals surface area contributed by atoms with Crippen LogP contribution in [0.4, 0.5) is 0 Å². The van der Waals surface area contributed by atoms with E-state index in [2.05, 4.69) is 12.1 Å². The molecule has 0 aromatic heterocycles. The monoisotopic (exact) mass is 330 g/mol. The molecule has 0 unspecified atom stereocenters. The molecule has 130 valence electrons. The van der Waals surface area contributed by atoms with Crippen LogP contribution in [0.3, 0.4) is 0 Å². The van der Waals surface area contributed by atoms with Crippen LogP contribution in [-0.4, -0.2) is 27.8 Å². The quantitative estimate of drug-likeness (QED) is 0.672. The molecular weight excluding hydrogens is 304 g/mol. The van der Waals surface area contributed by atoms with E-state index in [9.17, 15) is 4.79 Å². The van der Waals surface area contributed by atoms with Gasteiger partial charge in [-0.15, -0.1) is 0 Å². The molecule has 0 fully saturated rings. The summed E-state index contributed by atoms with van der Waals surface area (Å²) in [7, 11) is 0. The summed E-state index contributed by atoms with van der Waals surface area (Å²) >= 11 is 0. The highest BCUT2D eigenvalue weighted by Gasteiger charge is 2.11. The van der Waals surface area contributed by atoms with Crippen LogP contribution in [0.1, 0.15) is 25.0 Å². The van der Waals surface area contributed by atoms with Crippen LogP contribution in [0.15, 0.2) is 54.6 Å². The smallest absolute Gasteiger partial charge is 0.320 e. The van der Waals surface area contributed by atoms with Crippen molar-refractivity contribution < 1.29 is 15.0 Å². The molecule has 24 heavy (non-hydrogen) atoms. The molecule has 0 saturated heterocycles. The van der Waals surface area contributed by atoms with Gasteiger partial charge >= 0.3 is 5.97 Å². The third kappa shape index (κ3) is 8.31. The zero-order valence-corrected chi connectivity index (χ0v) is 14.1. The van der Waals surface area contributed by atoms with Crippen LogP contribution in [0.5, 0.6) is 5.75 Å². The third-order valence-electron chi connectivity index (χ3n) is 3.21. The van der Waals surface area contributed by atoms with Crippen molar-refractivity contribution in [1.82, 2.24) is 0 Å². The Hall–Kier alpha value is -2.37. The second-order valence-corrected chi connectivity index (χ2v) is 6.47. The van der Waals surface area contributed by atoms with E-state index in [0.29, 0.717) is 0 Å². The molecule has 0 bridgehead atoms. The van der Waals surface area contributed by atoms with Crippen molar-refractivity contribution in [2.75, 3.05) is 0 Å². The minimum atomic E-state index is -1.02. The summed E-state index contributed by atoms with van der Waals surface area (Å²) in [6.07, 6.45) is 1.21. The summed E-state index contributed by atoms with van der Waals surface area (Å²) in [5, 5.41) is 17.5. The maximum Gasteiger partial charge on any atom is 0.320 e. The summed E-state index contributed by atoms with van der Waals surface area (Å²) < 4.78 is 0. The molecular formula is C19H26N2O3. The van der Waals surface area contributed by atoms with Crippen molar-refractivity contribution in [3.8, 4) is 5.75 Å². The number of carbonyl (C=O) groups is 1. The van der Waals surface area contributed by atoms with Crippen LogP contribution < -0.4 is 11.5 Å². The minimum Gasteiger partial charge on any atom is -0.508 e.